The molecule has 9 atom stereocenters. The molecule has 4 aliphatic carbocycles. The molecule has 6 aliphatic rings. The van der Waals surface area contributed by atoms with Gasteiger partial charge in [0.25, 0.3) is 0 Å². The molecule has 42 heavy (non-hydrogen) atoms. The molecular weight excluding hydrogens is 560 g/mol. The number of imide groups is 2. The van der Waals surface area contributed by atoms with Crippen molar-refractivity contribution in [3.8, 4) is 0 Å². The lowest BCUT2D eigenvalue weighted by Gasteiger charge is -2.26. The smallest absolute Gasteiger partial charge is 0.329 e. The van der Waals surface area contributed by atoms with E-state index in [0.29, 0.717) is 35.3 Å². The molecule has 2 saturated heterocycles. The van der Waals surface area contributed by atoms with Crippen LogP contribution in [0.25, 0.3) is 0 Å². The monoisotopic (exact) mass is 594 g/mol. The quantitative estimate of drug-likeness (QED) is 0.175. The average Bonchev–Trinajstić information content (AvgIpc) is 3.83. The van der Waals surface area contributed by atoms with E-state index >= 15 is 0 Å². The Morgan fingerprint density at radius 3 is 1.79 bits per heavy atom. The van der Waals surface area contributed by atoms with E-state index in [1.807, 2.05) is 0 Å². The van der Waals surface area contributed by atoms with Gasteiger partial charge in [-0.25, -0.2) is 4.79 Å². The summed E-state index contributed by atoms with van der Waals surface area (Å²) in [4.78, 5) is 81.8. The first kappa shape index (κ1) is 27.7. The number of esters is 1. The van der Waals surface area contributed by atoms with Gasteiger partial charge < -0.3 is 4.74 Å². The highest BCUT2D eigenvalue weighted by Crippen LogP contribution is 2.57. The van der Waals surface area contributed by atoms with Crippen LogP contribution in [0.15, 0.2) is 24.3 Å². The fourth-order valence-electron chi connectivity index (χ4n) is 9.34. The zero-order valence-corrected chi connectivity index (χ0v) is 24.2. The minimum absolute atomic E-state index is 0.0675. The van der Waals surface area contributed by atoms with Gasteiger partial charge in [0, 0.05) is 17.1 Å². The van der Waals surface area contributed by atoms with E-state index in [4.69, 9.17) is 16.3 Å². The van der Waals surface area contributed by atoms with E-state index in [2.05, 4.69) is 0 Å². The summed E-state index contributed by atoms with van der Waals surface area (Å²) in [7, 11) is 0. The van der Waals surface area contributed by atoms with Crippen molar-refractivity contribution in [1.29, 1.82) is 0 Å². The van der Waals surface area contributed by atoms with E-state index in [1.54, 1.807) is 24.3 Å². The molecule has 4 saturated carbocycles. The summed E-state index contributed by atoms with van der Waals surface area (Å²) < 4.78 is 5.41. The maximum atomic E-state index is 13.6. The molecule has 7 rings (SSSR count). The first-order valence-electron chi connectivity index (χ1n) is 15.4. The van der Waals surface area contributed by atoms with Crippen LogP contribution < -0.4 is 0 Å². The third kappa shape index (κ3) is 4.33. The number of benzene rings is 1. The van der Waals surface area contributed by atoms with Crippen molar-refractivity contribution in [2.24, 2.45) is 47.3 Å². The number of hydrogen-bond donors (Lipinski definition) is 0. The number of fused-ring (bicyclic) bond motifs is 10. The number of halogens is 1. The second-order valence-corrected chi connectivity index (χ2v) is 13.6. The van der Waals surface area contributed by atoms with Crippen molar-refractivity contribution in [3.05, 3.63) is 34.9 Å². The zero-order chi connectivity index (χ0) is 29.3. The number of Topliss-reactive ketones (excluding diaryl/α,β-unsaturated/α-hetero) is 1. The number of ether oxygens (including phenoxy) is 1. The summed E-state index contributed by atoms with van der Waals surface area (Å²) in [5.41, 5.74) is 0.335. The summed E-state index contributed by atoms with van der Waals surface area (Å²) >= 11 is 5.90. The van der Waals surface area contributed by atoms with Crippen LogP contribution in [0.5, 0.6) is 0 Å². The Hall–Kier alpha value is -3.07. The van der Waals surface area contributed by atoms with Crippen LogP contribution in [0.2, 0.25) is 5.02 Å². The number of rotatable bonds is 10. The fraction of sp³-hybridized carbons (Fsp3) is 0.625. The second-order valence-electron chi connectivity index (χ2n) is 13.2. The largest absolute Gasteiger partial charge is 0.456 e. The maximum Gasteiger partial charge on any atom is 0.329 e. The normalized spacial score (nSPS) is 34.9. The van der Waals surface area contributed by atoms with Gasteiger partial charge in [-0.05, 0) is 106 Å². The molecule has 9 nitrogen and oxygen atoms in total. The minimum atomic E-state index is -1.15. The van der Waals surface area contributed by atoms with Gasteiger partial charge in [-0.15, -0.1) is 0 Å². The summed E-state index contributed by atoms with van der Waals surface area (Å²) in [6.07, 6.45) is 6.75. The molecule has 1 aromatic carbocycles. The zero-order valence-electron chi connectivity index (χ0n) is 23.4. The summed E-state index contributed by atoms with van der Waals surface area (Å²) in [6, 6.07) is 5.08. The molecule has 0 radical (unpaired) electrons. The number of carbonyl (C=O) groups is 6. The molecule has 10 heteroatoms. The number of unbranched alkanes of at least 4 members (excludes halogenated alkanes) is 1. The standard InChI is InChI=1S/C32H35ClN2O7/c33-21-10-8-16(9-11-21)23(36)15-42-32(41)22(35-30(39)26-19-6-7-20(14-19)27(26)31(35)40)3-1-2-12-34-28(37)24-17-4-5-18(13-17)25(24)29(34)38/h8-11,17-20,22,24-27H,1-7,12-15H2/t17-,18-,19-,20-,22+,24+,25+,26-,27+/m1/s1. The van der Waals surface area contributed by atoms with Crippen molar-refractivity contribution in [2.45, 2.75) is 63.8 Å². The van der Waals surface area contributed by atoms with Crippen molar-refractivity contribution in [3.63, 3.8) is 0 Å². The molecular formula is C32H35ClN2O7. The first-order valence-corrected chi connectivity index (χ1v) is 15.8. The topological polar surface area (TPSA) is 118 Å². The predicted octanol–water partition coefficient (Wildman–Crippen LogP) is 3.67. The van der Waals surface area contributed by atoms with Crippen molar-refractivity contribution < 1.29 is 33.5 Å². The first-order chi connectivity index (χ1) is 20.2. The fourth-order valence-corrected chi connectivity index (χ4v) is 9.47. The molecule has 0 N–H and O–H groups in total. The van der Waals surface area contributed by atoms with Gasteiger partial charge >= 0.3 is 5.97 Å². The number of likely N-dealkylation sites (tertiary alicyclic amines) is 2. The van der Waals surface area contributed by atoms with Gasteiger partial charge in [0.15, 0.2) is 12.4 Å². The molecule has 0 aromatic heterocycles. The van der Waals surface area contributed by atoms with Crippen LogP contribution in [0, 0.1) is 47.3 Å². The third-order valence-corrected chi connectivity index (χ3v) is 11.4. The van der Waals surface area contributed by atoms with Gasteiger partial charge in [0.2, 0.25) is 23.6 Å². The van der Waals surface area contributed by atoms with E-state index in [9.17, 15) is 28.8 Å². The maximum absolute atomic E-state index is 13.6. The van der Waals surface area contributed by atoms with Gasteiger partial charge in [0.05, 0.1) is 23.7 Å². The Labute approximate surface area is 249 Å². The number of amides is 4. The van der Waals surface area contributed by atoms with Crippen LogP contribution in [0.1, 0.15) is 68.1 Å². The lowest BCUT2D eigenvalue weighted by molar-refractivity contribution is -0.159. The van der Waals surface area contributed by atoms with Crippen LogP contribution in [0.3, 0.4) is 0 Å². The van der Waals surface area contributed by atoms with Crippen LogP contribution >= 0.6 is 11.6 Å². The minimum Gasteiger partial charge on any atom is -0.456 e. The summed E-state index contributed by atoms with van der Waals surface area (Å²) in [6.45, 7) is -0.259. The molecule has 2 heterocycles. The molecule has 4 amide bonds. The van der Waals surface area contributed by atoms with Crippen LogP contribution in [-0.4, -0.2) is 64.4 Å². The number of ketones is 1. The van der Waals surface area contributed by atoms with Crippen LogP contribution in [0.4, 0.5) is 0 Å². The van der Waals surface area contributed by atoms with Crippen molar-refractivity contribution in [1.82, 2.24) is 9.80 Å². The Morgan fingerprint density at radius 1 is 0.762 bits per heavy atom. The molecule has 0 unspecified atom stereocenters. The second kappa shape index (κ2) is 10.6. The van der Waals surface area contributed by atoms with Gasteiger partial charge in [-0.1, -0.05) is 11.6 Å². The lowest BCUT2D eigenvalue weighted by atomic mass is 9.81. The molecule has 1 aromatic rings. The van der Waals surface area contributed by atoms with E-state index < -0.39 is 24.4 Å². The SMILES string of the molecule is O=C(COC(=O)[C@H](CCCCN1C(=O)[C@H]2[C@@H]3CC[C@H](C3)[C@@H]2C1=O)N1C(=O)[C@@H]2[C@@H]3CC[C@H](C3)[C@@H]2C1=O)c1ccc(Cl)cc1. The van der Waals surface area contributed by atoms with Gasteiger partial charge in [-0.2, -0.15) is 0 Å². The Balaban J connectivity index is 1.02. The Kier molecular flexibility index (Phi) is 6.99. The lowest BCUT2D eigenvalue weighted by Crippen LogP contribution is -2.47. The summed E-state index contributed by atoms with van der Waals surface area (Å²) in [5, 5.41) is 0.474. The molecule has 4 bridgehead atoms. The summed E-state index contributed by atoms with van der Waals surface area (Å²) in [5.74, 6) is -2.08. The Morgan fingerprint density at radius 2 is 1.26 bits per heavy atom. The van der Waals surface area contributed by atoms with Crippen molar-refractivity contribution in [2.75, 3.05) is 13.2 Å². The highest BCUT2D eigenvalue weighted by Gasteiger charge is 2.63. The average molecular weight is 595 g/mol. The number of carbonyl (C=O) groups excluding carboxylic acids is 6. The van der Waals surface area contributed by atoms with Crippen LogP contribution in [-0.2, 0) is 28.7 Å². The van der Waals surface area contributed by atoms with Gasteiger partial charge in [-0.3, -0.25) is 33.8 Å². The molecule has 222 valence electrons. The third-order valence-electron chi connectivity index (χ3n) is 11.2. The number of nitrogens with zero attached hydrogens (tertiary/aromatic N) is 2. The van der Waals surface area contributed by atoms with Gasteiger partial charge in [0.1, 0.15) is 6.04 Å². The van der Waals surface area contributed by atoms with E-state index in [-0.39, 0.29) is 72.1 Å². The van der Waals surface area contributed by atoms with E-state index in [1.165, 1.54) is 4.90 Å². The predicted molar refractivity (Wildman–Crippen MR) is 149 cm³/mol. The Bertz CT molecular complexity index is 1300. The highest BCUT2D eigenvalue weighted by molar-refractivity contribution is 6.30. The van der Waals surface area contributed by atoms with E-state index in [0.717, 1.165) is 43.4 Å². The molecule has 2 aliphatic heterocycles. The molecule has 6 fully saturated rings. The van der Waals surface area contributed by atoms with Crippen molar-refractivity contribution >= 4 is 47.0 Å². The number of hydrogen-bond acceptors (Lipinski definition) is 7. The molecule has 0 spiro atoms. The highest BCUT2D eigenvalue weighted by atomic mass is 35.5.